The van der Waals surface area contributed by atoms with E-state index >= 15 is 0 Å². The van der Waals surface area contributed by atoms with E-state index in [1.165, 1.54) is 5.56 Å². The largest absolute Gasteiger partial charge is 0.342 e. The van der Waals surface area contributed by atoms with Crippen molar-refractivity contribution >= 4 is 11.8 Å². The predicted molar refractivity (Wildman–Crippen MR) is 102 cm³/mol. The molecule has 0 aromatic heterocycles. The molecule has 6 heteroatoms. The zero-order valence-corrected chi connectivity index (χ0v) is 15.8. The molecule has 2 heterocycles. The summed E-state index contributed by atoms with van der Waals surface area (Å²) in [7, 11) is 1.98. The van der Waals surface area contributed by atoms with Gasteiger partial charge in [-0.1, -0.05) is 30.3 Å². The highest BCUT2D eigenvalue weighted by Gasteiger charge is 2.25. The monoisotopic (exact) mass is 358 g/mol. The van der Waals surface area contributed by atoms with Crippen molar-refractivity contribution in [1.82, 2.24) is 19.6 Å². The number of likely N-dealkylation sites (N-methyl/N-ethyl adjacent to an activating group) is 1. The lowest BCUT2D eigenvalue weighted by molar-refractivity contribution is -0.135. The first kappa shape index (κ1) is 18.9. The van der Waals surface area contributed by atoms with E-state index in [-0.39, 0.29) is 11.8 Å². The molecule has 1 aromatic carbocycles. The molecule has 2 aliphatic heterocycles. The van der Waals surface area contributed by atoms with Gasteiger partial charge in [0.25, 0.3) is 0 Å². The molecular formula is C20H30N4O2. The zero-order valence-electron chi connectivity index (χ0n) is 15.8. The summed E-state index contributed by atoms with van der Waals surface area (Å²) in [6.07, 6.45) is 2.26. The fourth-order valence-electron chi connectivity index (χ4n) is 3.70. The number of benzene rings is 1. The first-order valence-electron chi connectivity index (χ1n) is 9.62. The van der Waals surface area contributed by atoms with Crippen molar-refractivity contribution in [2.45, 2.75) is 19.4 Å². The van der Waals surface area contributed by atoms with Crippen LogP contribution in [0.3, 0.4) is 0 Å². The van der Waals surface area contributed by atoms with Crippen LogP contribution in [0.2, 0.25) is 0 Å². The Morgan fingerprint density at radius 3 is 2.15 bits per heavy atom. The molecule has 26 heavy (non-hydrogen) atoms. The van der Waals surface area contributed by atoms with E-state index in [4.69, 9.17) is 0 Å². The highest BCUT2D eigenvalue weighted by Crippen LogP contribution is 2.10. The molecule has 0 atom stereocenters. The maximum Gasteiger partial charge on any atom is 0.236 e. The summed E-state index contributed by atoms with van der Waals surface area (Å²) in [6.45, 7) is 6.52. The van der Waals surface area contributed by atoms with Gasteiger partial charge in [0.15, 0.2) is 0 Å². The van der Waals surface area contributed by atoms with E-state index in [1.54, 1.807) is 0 Å². The van der Waals surface area contributed by atoms with Crippen LogP contribution in [0.25, 0.3) is 0 Å². The number of hydrogen-bond donors (Lipinski definition) is 0. The smallest absolute Gasteiger partial charge is 0.236 e. The number of amides is 2. The van der Waals surface area contributed by atoms with Crippen LogP contribution in [0.15, 0.2) is 30.3 Å². The lowest BCUT2D eigenvalue weighted by atomic mass is 10.2. The van der Waals surface area contributed by atoms with Gasteiger partial charge in [-0.25, -0.2) is 0 Å². The minimum Gasteiger partial charge on any atom is -0.342 e. The highest BCUT2D eigenvalue weighted by atomic mass is 16.2. The van der Waals surface area contributed by atoms with Crippen LogP contribution in [0.5, 0.6) is 0 Å². The Balaban J connectivity index is 1.38. The van der Waals surface area contributed by atoms with Gasteiger partial charge < -0.3 is 9.80 Å². The van der Waals surface area contributed by atoms with Crippen LogP contribution < -0.4 is 0 Å². The second kappa shape index (κ2) is 9.14. The number of hydrogen-bond acceptors (Lipinski definition) is 4. The molecule has 2 fully saturated rings. The number of carbonyl (C=O) groups is 2. The average Bonchev–Trinajstić information content (AvgIpc) is 3.18. The normalized spacial score (nSPS) is 18.5. The molecule has 142 valence electrons. The molecule has 2 amide bonds. The van der Waals surface area contributed by atoms with Crippen LogP contribution in [-0.4, -0.2) is 90.8 Å². The van der Waals surface area contributed by atoms with Gasteiger partial charge >= 0.3 is 0 Å². The van der Waals surface area contributed by atoms with Gasteiger partial charge in [-0.2, -0.15) is 0 Å². The van der Waals surface area contributed by atoms with Crippen molar-refractivity contribution in [3.05, 3.63) is 35.9 Å². The fraction of sp³-hybridized carbons (Fsp3) is 0.600. The zero-order chi connectivity index (χ0) is 18.4. The van der Waals surface area contributed by atoms with Crippen LogP contribution in [0.4, 0.5) is 0 Å². The molecule has 2 aliphatic rings. The third-order valence-corrected chi connectivity index (χ3v) is 5.24. The van der Waals surface area contributed by atoms with Gasteiger partial charge in [0.2, 0.25) is 11.8 Å². The van der Waals surface area contributed by atoms with Gasteiger partial charge in [-0.3, -0.25) is 19.4 Å². The van der Waals surface area contributed by atoms with E-state index in [0.29, 0.717) is 26.2 Å². The molecule has 0 N–H and O–H groups in total. The number of piperazine rings is 1. The summed E-state index contributed by atoms with van der Waals surface area (Å²) in [5.74, 6) is 0.416. The maximum absolute atomic E-state index is 12.5. The molecule has 0 aliphatic carbocycles. The van der Waals surface area contributed by atoms with Crippen LogP contribution >= 0.6 is 0 Å². The van der Waals surface area contributed by atoms with E-state index < -0.39 is 0 Å². The van der Waals surface area contributed by atoms with Gasteiger partial charge in [0.05, 0.1) is 13.1 Å². The van der Waals surface area contributed by atoms with Crippen molar-refractivity contribution in [3.8, 4) is 0 Å². The van der Waals surface area contributed by atoms with E-state index in [1.807, 2.05) is 35.0 Å². The second-order valence-electron chi connectivity index (χ2n) is 7.40. The van der Waals surface area contributed by atoms with Crippen molar-refractivity contribution in [3.63, 3.8) is 0 Å². The molecule has 0 radical (unpaired) electrons. The lowest BCUT2D eigenvalue weighted by Crippen LogP contribution is -2.52. The Kier molecular flexibility index (Phi) is 6.63. The quantitative estimate of drug-likeness (QED) is 0.758. The molecule has 0 bridgehead atoms. The van der Waals surface area contributed by atoms with E-state index in [2.05, 4.69) is 21.9 Å². The predicted octanol–water partition coefficient (Wildman–Crippen LogP) is 0.885. The average molecular weight is 358 g/mol. The van der Waals surface area contributed by atoms with Gasteiger partial charge in [0, 0.05) is 45.8 Å². The van der Waals surface area contributed by atoms with Crippen molar-refractivity contribution < 1.29 is 9.59 Å². The Bertz CT molecular complexity index is 593. The number of rotatable bonds is 6. The van der Waals surface area contributed by atoms with Crippen LogP contribution in [0, 0.1) is 0 Å². The highest BCUT2D eigenvalue weighted by molar-refractivity contribution is 5.79. The molecule has 3 rings (SSSR count). The Hall–Kier alpha value is -1.92. The maximum atomic E-state index is 12.5. The summed E-state index contributed by atoms with van der Waals surface area (Å²) in [5, 5.41) is 0. The fourth-order valence-corrected chi connectivity index (χ4v) is 3.70. The molecular weight excluding hydrogens is 328 g/mol. The SMILES string of the molecule is CN(CC(=O)N1CCN(CC(=O)N2CCCC2)CC1)Cc1ccccc1. The summed E-state index contributed by atoms with van der Waals surface area (Å²) < 4.78 is 0. The van der Waals surface area contributed by atoms with Gasteiger partial charge in [0.1, 0.15) is 0 Å². The molecule has 0 saturated carbocycles. The first-order valence-corrected chi connectivity index (χ1v) is 9.62. The number of carbonyl (C=O) groups excluding carboxylic acids is 2. The summed E-state index contributed by atoms with van der Waals surface area (Å²) in [6, 6.07) is 10.2. The van der Waals surface area contributed by atoms with Crippen molar-refractivity contribution in [2.24, 2.45) is 0 Å². The minimum atomic E-state index is 0.175. The standard InChI is InChI=1S/C20H30N4O2/c1-21(15-18-7-3-2-4-8-18)16-19(25)24-13-11-22(12-14-24)17-20(26)23-9-5-6-10-23/h2-4,7-8H,5-6,9-17H2,1H3. The number of nitrogens with zero attached hydrogens (tertiary/aromatic N) is 4. The van der Waals surface area contributed by atoms with E-state index in [9.17, 15) is 9.59 Å². The first-order chi connectivity index (χ1) is 12.6. The topological polar surface area (TPSA) is 47.1 Å². The second-order valence-corrected chi connectivity index (χ2v) is 7.40. The van der Waals surface area contributed by atoms with Crippen LogP contribution in [0.1, 0.15) is 18.4 Å². The minimum absolute atomic E-state index is 0.175. The van der Waals surface area contributed by atoms with E-state index in [0.717, 1.165) is 45.6 Å². The summed E-state index contributed by atoms with van der Waals surface area (Å²) >= 11 is 0. The van der Waals surface area contributed by atoms with Crippen LogP contribution in [-0.2, 0) is 16.1 Å². The van der Waals surface area contributed by atoms with Crippen molar-refractivity contribution in [2.75, 3.05) is 59.4 Å². The third kappa shape index (κ3) is 5.29. The van der Waals surface area contributed by atoms with Crippen molar-refractivity contribution in [1.29, 1.82) is 0 Å². The Morgan fingerprint density at radius 1 is 0.885 bits per heavy atom. The van der Waals surface area contributed by atoms with Gasteiger partial charge in [-0.15, -0.1) is 0 Å². The summed E-state index contributed by atoms with van der Waals surface area (Å²) in [5.41, 5.74) is 1.22. The number of likely N-dealkylation sites (tertiary alicyclic amines) is 1. The molecule has 6 nitrogen and oxygen atoms in total. The molecule has 2 saturated heterocycles. The van der Waals surface area contributed by atoms with Gasteiger partial charge in [-0.05, 0) is 25.5 Å². The Morgan fingerprint density at radius 2 is 1.50 bits per heavy atom. The lowest BCUT2D eigenvalue weighted by Gasteiger charge is -2.35. The Labute approximate surface area is 156 Å². The third-order valence-electron chi connectivity index (χ3n) is 5.24. The molecule has 0 spiro atoms. The molecule has 1 aromatic rings. The molecule has 0 unspecified atom stereocenters. The summed E-state index contributed by atoms with van der Waals surface area (Å²) in [4.78, 5) is 32.9.